The Morgan fingerprint density at radius 3 is 2.38 bits per heavy atom. The lowest BCUT2D eigenvalue weighted by Crippen LogP contribution is -2.31. The molecule has 7 heteroatoms. The topological polar surface area (TPSA) is 70.2 Å². The average Bonchev–Trinajstić information content (AvgIpc) is 2.81. The maximum Gasteiger partial charge on any atom is 0.332 e. The fourth-order valence-electron chi connectivity index (χ4n) is 3.23. The van der Waals surface area contributed by atoms with Crippen molar-refractivity contribution in [1.82, 2.24) is 9.97 Å². The second-order valence-electron chi connectivity index (χ2n) is 7.13. The first-order valence-electron chi connectivity index (χ1n) is 10.2. The Labute approximate surface area is 185 Å². The van der Waals surface area contributed by atoms with Gasteiger partial charge in [-0.2, -0.15) is 4.98 Å². The molecule has 6 nitrogen and oxygen atoms in total. The zero-order chi connectivity index (χ0) is 22.3. The van der Waals surface area contributed by atoms with E-state index in [0.29, 0.717) is 23.1 Å². The Morgan fingerprint density at radius 2 is 1.66 bits per heavy atom. The first-order valence-corrected chi connectivity index (χ1v) is 10.2. The normalized spacial score (nSPS) is 11.4. The van der Waals surface area contributed by atoms with Gasteiger partial charge in [-0.15, -0.1) is 0 Å². The van der Waals surface area contributed by atoms with E-state index in [9.17, 15) is 9.18 Å². The maximum atomic E-state index is 14.0. The number of hydrogen-bond acceptors (Lipinski definition) is 4. The number of nitrogens with one attached hydrogen (secondary N) is 2. The second-order valence-corrected chi connectivity index (χ2v) is 7.13. The van der Waals surface area contributed by atoms with Crippen molar-refractivity contribution in [3.63, 3.8) is 0 Å². The third-order valence-corrected chi connectivity index (χ3v) is 4.81. The zero-order valence-corrected chi connectivity index (χ0v) is 17.4. The fourth-order valence-corrected chi connectivity index (χ4v) is 3.23. The minimum atomic E-state index is -0.470. The Kier molecular flexibility index (Phi) is 6.36. The first-order chi connectivity index (χ1) is 15.6. The van der Waals surface area contributed by atoms with Crippen molar-refractivity contribution in [3.05, 3.63) is 109 Å². The van der Waals surface area contributed by atoms with Crippen LogP contribution in [0.15, 0.2) is 97.2 Å². The highest BCUT2D eigenvalue weighted by molar-refractivity contribution is 6.06. The van der Waals surface area contributed by atoms with Gasteiger partial charge < -0.3 is 10.6 Å². The highest BCUT2D eigenvalue weighted by atomic mass is 19.1. The molecule has 0 saturated heterocycles. The van der Waals surface area contributed by atoms with E-state index < -0.39 is 11.8 Å². The molecule has 1 atom stereocenters. The molecule has 3 aromatic carbocycles. The van der Waals surface area contributed by atoms with E-state index in [1.165, 1.54) is 17.0 Å². The van der Waals surface area contributed by atoms with Crippen LogP contribution in [0.3, 0.4) is 0 Å². The summed E-state index contributed by atoms with van der Waals surface area (Å²) in [6.45, 7) is 2.00. The van der Waals surface area contributed by atoms with Crippen molar-refractivity contribution < 1.29 is 9.18 Å². The molecule has 0 fully saturated rings. The summed E-state index contributed by atoms with van der Waals surface area (Å²) in [6.07, 6.45) is 1.56. The monoisotopic (exact) mass is 427 g/mol. The van der Waals surface area contributed by atoms with Crippen LogP contribution in [0.5, 0.6) is 0 Å². The summed E-state index contributed by atoms with van der Waals surface area (Å²) in [4.78, 5) is 23.3. The van der Waals surface area contributed by atoms with Gasteiger partial charge in [-0.1, -0.05) is 54.6 Å². The van der Waals surface area contributed by atoms with Gasteiger partial charge in [0.2, 0.25) is 5.95 Å². The van der Waals surface area contributed by atoms with E-state index in [1.54, 1.807) is 36.5 Å². The predicted octanol–water partition coefficient (Wildman–Crippen LogP) is 6.16. The molecule has 0 aliphatic rings. The first kappa shape index (κ1) is 21.0. The number of rotatable bonds is 6. The largest absolute Gasteiger partial charge is 0.348 e. The Bertz CT molecular complexity index is 1190. The molecular formula is C25H22FN5O. The average molecular weight is 427 g/mol. The molecule has 0 saturated carbocycles. The van der Waals surface area contributed by atoms with E-state index in [2.05, 4.69) is 20.6 Å². The van der Waals surface area contributed by atoms with Crippen molar-refractivity contribution in [2.24, 2.45) is 0 Å². The summed E-state index contributed by atoms with van der Waals surface area (Å²) in [5.74, 6) is 0.208. The van der Waals surface area contributed by atoms with E-state index >= 15 is 0 Å². The van der Waals surface area contributed by atoms with Crippen LogP contribution in [-0.4, -0.2) is 16.0 Å². The van der Waals surface area contributed by atoms with E-state index in [1.807, 2.05) is 55.5 Å². The van der Waals surface area contributed by atoms with Crippen molar-refractivity contribution in [3.8, 4) is 0 Å². The number of benzene rings is 3. The number of nitrogens with zero attached hydrogens (tertiary/aromatic N) is 3. The van der Waals surface area contributed by atoms with Crippen LogP contribution in [0.4, 0.5) is 32.3 Å². The maximum absolute atomic E-state index is 14.0. The third-order valence-electron chi connectivity index (χ3n) is 4.81. The highest BCUT2D eigenvalue weighted by Gasteiger charge is 2.21. The van der Waals surface area contributed by atoms with Gasteiger partial charge >= 0.3 is 6.03 Å². The van der Waals surface area contributed by atoms with Crippen molar-refractivity contribution >= 4 is 29.2 Å². The fraction of sp³-hybridized carbons (Fsp3) is 0.0800. The number of urea groups is 1. The Balaban J connectivity index is 1.65. The summed E-state index contributed by atoms with van der Waals surface area (Å²) >= 11 is 0. The van der Waals surface area contributed by atoms with Gasteiger partial charge in [0.05, 0.1) is 11.7 Å². The summed E-state index contributed by atoms with van der Waals surface area (Å²) in [7, 11) is 0. The Hall–Kier alpha value is -4.26. The molecular weight excluding hydrogens is 405 g/mol. The molecule has 0 bridgehead atoms. The third kappa shape index (κ3) is 5.07. The molecule has 4 aromatic rings. The predicted molar refractivity (Wildman–Crippen MR) is 125 cm³/mol. The summed E-state index contributed by atoms with van der Waals surface area (Å²) in [5.41, 5.74) is 2.04. The lowest BCUT2D eigenvalue weighted by molar-refractivity contribution is 0.259. The van der Waals surface area contributed by atoms with E-state index in [4.69, 9.17) is 0 Å². The summed E-state index contributed by atoms with van der Waals surface area (Å²) < 4.78 is 14.0. The quantitative estimate of drug-likeness (QED) is 0.387. The van der Waals surface area contributed by atoms with E-state index in [-0.39, 0.29) is 6.04 Å². The number of para-hydroxylation sites is 1. The summed E-state index contributed by atoms with van der Waals surface area (Å²) in [6, 6.07) is 25.8. The van der Waals surface area contributed by atoms with Crippen LogP contribution < -0.4 is 15.5 Å². The molecule has 32 heavy (non-hydrogen) atoms. The molecule has 1 aromatic heterocycles. The van der Waals surface area contributed by atoms with Crippen LogP contribution >= 0.6 is 0 Å². The second kappa shape index (κ2) is 9.70. The van der Waals surface area contributed by atoms with Gasteiger partial charge in [0.15, 0.2) is 0 Å². The molecule has 2 amide bonds. The molecule has 0 unspecified atom stereocenters. The minimum absolute atomic E-state index is 0.0489. The smallest absolute Gasteiger partial charge is 0.332 e. The lowest BCUT2D eigenvalue weighted by Gasteiger charge is -2.23. The number of amides is 2. The van der Waals surface area contributed by atoms with Gasteiger partial charge in [-0.05, 0) is 42.8 Å². The van der Waals surface area contributed by atoms with Crippen molar-refractivity contribution in [2.45, 2.75) is 13.0 Å². The van der Waals surface area contributed by atoms with Crippen molar-refractivity contribution in [1.29, 1.82) is 0 Å². The number of carbonyl (C=O) groups excluding carboxylic acids is 1. The molecule has 160 valence electrons. The highest BCUT2D eigenvalue weighted by Crippen LogP contribution is 2.27. The minimum Gasteiger partial charge on any atom is -0.348 e. The molecule has 0 aliphatic carbocycles. The SMILES string of the molecule is C[C@H](Nc1nccc(N(C(=O)Nc2ccccc2)c2cccc(F)c2)n1)c1ccccc1. The van der Waals surface area contributed by atoms with Gasteiger partial charge in [0.1, 0.15) is 11.6 Å². The van der Waals surface area contributed by atoms with Gasteiger partial charge in [-0.25, -0.2) is 19.1 Å². The van der Waals surface area contributed by atoms with Gasteiger partial charge in [0, 0.05) is 18.0 Å². The van der Waals surface area contributed by atoms with Gasteiger partial charge in [-0.3, -0.25) is 0 Å². The molecule has 1 heterocycles. The number of anilines is 4. The van der Waals surface area contributed by atoms with Crippen LogP contribution in [0.2, 0.25) is 0 Å². The number of aromatic nitrogens is 2. The molecule has 0 radical (unpaired) electrons. The van der Waals surface area contributed by atoms with Crippen LogP contribution in [0.25, 0.3) is 0 Å². The molecule has 2 N–H and O–H groups in total. The molecule has 0 aliphatic heterocycles. The lowest BCUT2D eigenvalue weighted by atomic mass is 10.1. The van der Waals surface area contributed by atoms with Crippen molar-refractivity contribution in [2.75, 3.05) is 15.5 Å². The van der Waals surface area contributed by atoms with Crippen LogP contribution in [0.1, 0.15) is 18.5 Å². The zero-order valence-electron chi connectivity index (χ0n) is 17.4. The number of hydrogen-bond donors (Lipinski definition) is 2. The van der Waals surface area contributed by atoms with Crippen LogP contribution in [0, 0.1) is 5.82 Å². The standard InChI is InChI=1S/C25H22FN5O/c1-18(19-9-4-2-5-10-19)28-24-27-16-15-23(30-24)31(22-14-8-11-20(26)17-22)25(32)29-21-12-6-3-7-13-21/h2-18H,1H3,(H,29,32)(H,27,28,30)/t18-/m0/s1. The molecule has 0 spiro atoms. The Morgan fingerprint density at radius 1 is 0.938 bits per heavy atom. The van der Waals surface area contributed by atoms with Crippen LogP contribution in [-0.2, 0) is 0 Å². The molecule has 4 rings (SSSR count). The van der Waals surface area contributed by atoms with E-state index in [0.717, 1.165) is 5.56 Å². The van der Waals surface area contributed by atoms with Gasteiger partial charge in [0.25, 0.3) is 0 Å². The summed E-state index contributed by atoms with van der Waals surface area (Å²) in [5, 5.41) is 6.08. The number of halogens is 1. The number of carbonyl (C=O) groups is 1.